The lowest BCUT2D eigenvalue weighted by Crippen LogP contribution is -2.56. The van der Waals surface area contributed by atoms with Crippen LogP contribution in [-0.4, -0.2) is 40.8 Å². The molecular formula is C15H17NO5S. The predicted molar refractivity (Wildman–Crippen MR) is 81.3 cm³/mol. The molecule has 0 spiro atoms. The summed E-state index contributed by atoms with van der Waals surface area (Å²) in [5.41, 5.74) is -0.356. The van der Waals surface area contributed by atoms with Gasteiger partial charge < -0.3 is 19.9 Å². The Morgan fingerprint density at radius 1 is 1.23 bits per heavy atom. The summed E-state index contributed by atoms with van der Waals surface area (Å²) in [5, 5.41) is 12.2. The Labute approximate surface area is 132 Å². The van der Waals surface area contributed by atoms with Crippen LogP contribution >= 0.6 is 11.8 Å². The molecule has 0 aromatic heterocycles. The van der Waals surface area contributed by atoms with E-state index in [4.69, 9.17) is 9.47 Å². The number of ether oxygens (including phenoxy) is 2. The van der Waals surface area contributed by atoms with Gasteiger partial charge in [0, 0.05) is 0 Å². The molecule has 3 rings (SSSR count). The van der Waals surface area contributed by atoms with Gasteiger partial charge in [-0.1, -0.05) is 6.07 Å². The first-order valence-corrected chi connectivity index (χ1v) is 8.25. The second-order valence-electron chi connectivity index (χ2n) is 5.41. The van der Waals surface area contributed by atoms with E-state index in [0.29, 0.717) is 24.3 Å². The zero-order chi connectivity index (χ0) is 15.6. The van der Waals surface area contributed by atoms with Crippen LogP contribution in [-0.2, 0) is 16.0 Å². The zero-order valence-corrected chi connectivity index (χ0v) is 12.8. The number of carboxylic acids is 1. The van der Waals surface area contributed by atoms with Crippen molar-refractivity contribution >= 4 is 23.6 Å². The Kier molecular flexibility index (Phi) is 4.15. The SMILES string of the molecule is O=C(Cc1ccc2c(c1)OCO2)NC1(C(=O)O)CCSCC1. The van der Waals surface area contributed by atoms with Crippen molar-refractivity contribution in [1.29, 1.82) is 0 Å². The maximum atomic E-state index is 12.2. The summed E-state index contributed by atoms with van der Waals surface area (Å²) in [6.45, 7) is 0.185. The number of benzene rings is 1. The number of nitrogens with one attached hydrogen (secondary N) is 1. The monoisotopic (exact) mass is 323 g/mol. The van der Waals surface area contributed by atoms with E-state index >= 15 is 0 Å². The summed E-state index contributed by atoms with van der Waals surface area (Å²) in [6, 6.07) is 5.30. The fraction of sp³-hybridized carbons (Fsp3) is 0.467. The molecule has 0 atom stereocenters. The van der Waals surface area contributed by atoms with Gasteiger partial charge in [0.15, 0.2) is 11.5 Å². The third kappa shape index (κ3) is 2.99. The molecule has 0 radical (unpaired) electrons. The fourth-order valence-corrected chi connectivity index (χ4v) is 3.85. The van der Waals surface area contributed by atoms with E-state index in [1.165, 1.54) is 0 Å². The first-order chi connectivity index (χ1) is 10.6. The van der Waals surface area contributed by atoms with Crippen LogP contribution in [0.15, 0.2) is 18.2 Å². The number of hydrogen-bond donors (Lipinski definition) is 2. The quantitative estimate of drug-likeness (QED) is 0.872. The van der Waals surface area contributed by atoms with Crippen molar-refractivity contribution < 1.29 is 24.2 Å². The van der Waals surface area contributed by atoms with Gasteiger partial charge in [-0.05, 0) is 42.0 Å². The Balaban J connectivity index is 1.67. The minimum atomic E-state index is -1.13. The first-order valence-electron chi connectivity index (χ1n) is 7.10. The molecule has 2 aliphatic heterocycles. The standard InChI is InChI=1S/C15H17NO5S/c17-13(16-15(14(18)19)3-5-22-6-4-15)8-10-1-2-11-12(7-10)21-9-20-11/h1-2,7H,3-6,8-9H2,(H,16,17)(H,18,19). The van der Waals surface area contributed by atoms with Gasteiger partial charge in [-0.3, -0.25) is 4.79 Å². The lowest BCUT2D eigenvalue weighted by molar-refractivity contribution is -0.148. The lowest BCUT2D eigenvalue weighted by atomic mass is 9.92. The predicted octanol–water partition coefficient (Wildman–Crippen LogP) is 1.42. The minimum Gasteiger partial charge on any atom is -0.480 e. The summed E-state index contributed by atoms with van der Waals surface area (Å²) in [6.07, 6.45) is 1.04. The minimum absolute atomic E-state index is 0.124. The van der Waals surface area contributed by atoms with E-state index in [9.17, 15) is 14.7 Å². The normalized spacial score (nSPS) is 18.7. The number of rotatable bonds is 4. The highest BCUT2D eigenvalue weighted by Crippen LogP contribution is 2.33. The zero-order valence-electron chi connectivity index (χ0n) is 12.0. The van der Waals surface area contributed by atoms with Crippen LogP contribution in [0.3, 0.4) is 0 Å². The molecule has 0 saturated carbocycles. The largest absolute Gasteiger partial charge is 0.480 e. The number of fused-ring (bicyclic) bond motifs is 1. The van der Waals surface area contributed by atoms with Crippen molar-refractivity contribution in [3.8, 4) is 11.5 Å². The molecule has 6 nitrogen and oxygen atoms in total. The Hall–Kier alpha value is -1.89. The van der Waals surface area contributed by atoms with E-state index in [-0.39, 0.29) is 19.1 Å². The van der Waals surface area contributed by atoms with Crippen molar-refractivity contribution in [1.82, 2.24) is 5.32 Å². The molecule has 118 valence electrons. The van der Waals surface area contributed by atoms with Crippen molar-refractivity contribution in [3.05, 3.63) is 23.8 Å². The molecule has 1 amide bonds. The summed E-state index contributed by atoms with van der Waals surface area (Å²) in [7, 11) is 0. The number of carbonyl (C=O) groups is 2. The van der Waals surface area contributed by atoms with Gasteiger partial charge in [0.05, 0.1) is 6.42 Å². The summed E-state index contributed by atoms with van der Waals surface area (Å²) >= 11 is 1.71. The molecule has 7 heteroatoms. The van der Waals surface area contributed by atoms with Gasteiger partial charge in [0.25, 0.3) is 0 Å². The summed E-state index contributed by atoms with van der Waals surface area (Å²) < 4.78 is 10.5. The molecule has 2 aliphatic rings. The molecule has 2 heterocycles. The molecule has 1 saturated heterocycles. The lowest BCUT2D eigenvalue weighted by Gasteiger charge is -2.33. The number of thioether (sulfide) groups is 1. The van der Waals surface area contributed by atoms with Gasteiger partial charge in [-0.25, -0.2) is 4.79 Å². The van der Waals surface area contributed by atoms with E-state index in [0.717, 1.165) is 17.1 Å². The van der Waals surface area contributed by atoms with E-state index in [1.807, 2.05) is 0 Å². The second-order valence-corrected chi connectivity index (χ2v) is 6.64. The Bertz CT molecular complexity index is 598. The van der Waals surface area contributed by atoms with Gasteiger partial charge in [-0.2, -0.15) is 11.8 Å². The van der Waals surface area contributed by atoms with Crippen LogP contribution in [0.4, 0.5) is 0 Å². The molecule has 22 heavy (non-hydrogen) atoms. The smallest absolute Gasteiger partial charge is 0.329 e. The maximum Gasteiger partial charge on any atom is 0.329 e. The molecule has 1 aromatic carbocycles. The molecule has 2 N–H and O–H groups in total. The van der Waals surface area contributed by atoms with E-state index in [1.54, 1.807) is 30.0 Å². The molecule has 0 bridgehead atoms. The highest BCUT2D eigenvalue weighted by atomic mass is 32.2. The fourth-order valence-electron chi connectivity index (χ4n) is 2.66. The van der Waals surface area contributed by atoms with Crippen LogP contribution in [0, 0.1) is 0 Å². The van der Waals surface area contributed by atoms with Crippen molar-refractivity contribution in [2.24, 2.45) is 0 Å². The summed E-state index contributed by atoms with van der Waals surface area (Å²) in [5.74, 6) is 1.54. The van der Waals surface area contributed by atoms with E-state index in [2.05, 4.69) is 5.32 Å². The van der Waals surface area contributed by atoms with Crippen LogP contribution in [0.5, 0.6) is 11.5 Å². The molecule has 1 aromatic rings. The summed E-state index contributed by atoms with van der Waals surface area (Å²) in [4.78, 5) is 23.8. The first kappa shape index (κ1) is 15.0. The Morgan fingerprint density at radius 3 is 2.68 bits per heavy atom. The van der Waals surface area contributed by atoms with Gasteiger partial charge >= 0.3 is 5.97 Å². The highest BCUT2D eigenvalue weighted by Gasteiger charge is 2.41. The van der Waals surface area contributed by atoms with Crippen LogP contribution in [0.25, 0.3) is 0 Å². The van der Waals surface area contributed by atoms with Crippen LogP contribution in [0.1, 0.15) is 18.4 Å². The van der Waals surface area contributed by atoms with Gasteiger partial charge in [-0.15, -0.1) is 0 Å². The average Bonchev–Trinajstić information content (AvgIpc) is 2.95. The number of aliphatic carboxylic acids is 1. The third-order valence-corrected chi connectivity index (χ3v) is 4.92. The Morgan fingerprint density at radius 2 is 1.95 bits per heavy atom. The van der Waals surface area contributed by atoms with Crippen molar-refractivity contribution in [2.45, 2.75) is 24.8 Å². The average molecular weight is 323 g/mol. The van der Waals surface area contributed by atoms with E-state index < -0.39 is 11.5 Å². The molecule has 1 fully saturated rings. The number of hydrogen-bond acceptors (Lipinski definition) is 5. The van der Waals surface area contributed by atoms with Crippen molar-refractivity contribution in [2.75, 3.05) is 18.3 Å². The molecular weight excluding hydrogens is 306 g/mol. The van der Waals surface area contributed by atoms with Gasteiger partial charge in [0.2, 0.25) is 12.7 Å². The molecule has 0 unspecified atom stereocenters. The van der Waals surface area contributed by atoms with Crippen LogP contribution < -0.4 is 14.8 Å². The maximum absolute atomic E-state index is 12.2. The highest BCUT2D eigenvalue weighted by molar-refractivity contribution is 7.99. The second kappa shape index (κ2) is 6.08. The number of amides is 1. The van der Waals surface area contributed by atoms with Crippen molar-refractivity contribution in [3.63, 3.8) is 0 Å². The van der Waals surface area contributed by atoms with Gasteiger partial charge in [0.1, 0.15) is 5.54 Å². The molecule has 0 aliphatic carbocycles. The van der Waals surface area contributed by atoms with Crippen LogP contribution in [0.2, 0.25) is 0 Å². The third-order valence-electron chi connectivity index (χ3n) is 3.94. The number of carbonyl (C=O) groups excluding carboxylic acids is 1. The number of carboxylic acid groups (broad SMARTS) is 1. The topological polar surface area (TPSA) is 84.9 Å².